The van der Waals surface area contributed by atoms with Crippen LogP contribution in [0.4, 0.5) is 0 Å². The molecule has 2 aromatic rings. The number of thiazole rings is 1. The van der Waals surface area contributed by atoms with Crippen molar-refractivity contribution in [1.82, 2.24) is 4.57 Å². The SMILES string of the molecule is COc1ccc(Cn2c(CO)csc2=S)c(OC)c1OC. The highest BCUT2D eigenvalue weighted by atomic mass is 32.1. The minimum Gasteiger partial charge on any atom is -0.493 e. The summed E-state index contributed by atoms with van der Waals surface area (Å²) in [7, 11) is 4.73. The molecule has 0 fully saturated rings. The average molecular weight is 327 g/mol. The molecule has 0 bridgehead atoms. The number of aliphatic hydroxyl groups is 1. The molecular formula is C14H17NO4S2. The van der Waals surface area contributed by atoms with E-state index in [0.29, 0.717) is 27.7 Å². The zero-order valence-corrected chi connectivity index (χ0v) is 13.7. The summed E-state index contributed by atoms with van der Waals surface area (Å²) in [5.74, 6) is 1.76. The maximum Gasteiger partial charge on any atom is 0.203 e. The van der Waals surface area contributed by atoms with Crippen LogP contribution < -0.4 is 14.2 Å². The Kier molecular flexibility index (Phi) is 5.22. The third-order valence-corrected chi connectivity index (χ3v) is 4.46. The molecule has 0 saturated carbocycles. The maximum atomic E-state index is 9.38. The van der Waals surface area contributed by atoms with Crippen molar-refractivity contribution in [2.45, 2.75) is 13.2 Å². The Morgan fingerprint density at radius 2 is 1.86 bits per heavy atom. The molecule has 7 heteroatoms. The molecule has 0 aliphatic rings. The fraction of sp³-hybridized carbons (Fsp3) is 0.357. The molecule has 0 saturated heterocycles. The number of benzene rings is 1. The number of aromatic nitrogens is 1. The van der Waals surface area contributed by atoms with Crippen molar-refractivity contribution in [2.75, 3.05) is 21.3 Å². The third-order valence-electron chi connectivity index (χ3n) is 3.14. The Morgan fingerprint density at radius 1 is 1.14 bits per heavy atom. The lowest BCUT2D eigenvalue weighted by Gasteiger charge is -2.16. The molecule has 114 valence electrons. The van der Waals surface area contributed by atoms with Gasteiger partial charge in [0.25, 0.3) is 0 Å². The molecule has 1 aromatic heterocycles. The van der Waals surface area contributed by atoms with E-state index in [2.05, 4.69) is 0 Å². The van der Waals surface area contributed by atoms with E-state index < -0.39 is 0 Å². The summed E-state index contributed by atoms with van der Waals surface area (Å²) < 4.78 is 18.7. The number of ether oxygens (including phenoxy) is 3. The van der Waals surface area contributed by atoms with Crippen LogP contribution in [0.1, 0.15) is 11.3 Å². The normalized spacial score (nSPS) is 10.5. The summed E-state index contributed by atoms with van der Waals surface area (Å²) in [4.78, 5) is 0. The zero-order valence-electron chi connectivity index (χ0n) is 12.1. The quantitative estimate of drug-likeness (QED) is 0.827. The lowest BCUT2D eigenvalue weighted by Crippen LogP contribution is -2.07. The van der Waals surface area contributed by atoms with Gasteiger partial charge in [-0.15, -0.1) is 11.3 Å². The Bertz CT molecular complexity index is 678. The molecule has 0 atom stereocenters. The Hall–Kier alpha value is -1.57. The number of hydrogen-bond acceptors (Lipinski definition) is 6. The summed E-state index contributed by atoms with van der Waals surface area (Å²) in [5, 5.41) is 11.2. The summed E-state index contributed by atoms with van der Waals surface area (Å²) in [6, 6.07) is 3.73. The molecule has 21 heavy (non-hydrogen) atoms. The molecule has 1 N–H and O–H groups in total. The summed E-state index contributed by atoms with van der Waals surface area (Å²) >= 11 is 6.73. The molecular weight excluding hydrogens is 310 g/mol. The van der Waals surface area contributed by atoms with Crippen LogP contribution in [-0.2, 0) is 13.2 Å². The van der Waals surface area contributed by atoms with Gasteiger partial charge in [-0.3, -0.25) is 0 Å². The van der Waals surface area contributed by atoms with Crippen LogP contribution in [-0.4, -0.2) is 31.0 Å². The predicted molar refractivity (Wildman–Crippen MR) is 84.3 cm³/mol. The maximum absolute atomic E-state index is 9.38. The van der Waals surface area contributed by atoms with Crippen LogP contribution in [0.25, 0.3) is 0 Å². The van der Waals surface area contributed by atoms with Gasteiger partial charge in [-0.25, -0.2) is 0 Å². The number of methoxy groups -OCH3 is 3. The van der Waals surface area contributed by atoms with Crippen LogP contribution in [0.15, 0.2) is 17.5 Å². The van der Waals surface area contributed by atoms with Crippen molar-refractivity contribution in [1.29, 1.82) is 0 Å². The van der Waals surface area contributed by atoms with E-state index in [-0.39, 0.29) is 6.61 Å². The lowest BCUT2D eigenvalue weighted by molar-refractivity contribution is 0.271. The summed E-state index contributed by atoms with van der Waals surface area (Å²) in [6.07, 6.45) is 0. The van der Waals surface area contributed by atoms with E-state index in [1.165, 1.54) is 11.3 Å². The van der Waals surface area contributed by atoms with Crippen molar-refractivity contribution >= 4 is 23.6 Å². The number of hydrogen-bond donors (Lipinski definition) is 1. The zero-order chi connectivity index (χ0) is 15.4. The molecule has 5 nitrogen and oxygen atoms in total. The van der Waals surface area contributed by atoms with Gasteiger partial charge in [-0.05, 0) is 24.4 Å². The first-order valence-electron chi connectivity index (χ1n) is 6.22. The van der Waals surface area contributed by atoms with Gasteiger partial charge in [-0.1, -0.05) is 0 Å². The second kappa shape index (κ2) is 6.93. The van der Waals surface area contributed by atoms with E-state index in [1.54, 1.807) is 21.3 Å². The summed E-state index contributed by atoms with van der Waals surface area (Å²) in [5.41, 5.74) is 1.68. The number of rotatable bonds is 6. The van der Waals surface area contributed by atoms with Gasteiger partial charge in [0, 0.05) is 10.9 Å². The Labute approximate surface area is 132 Å². The highest BCUT2D eigenvalue weighted by molar-refractivity contribution is 7.73. The molecule has 0 spiro atoms. The Morgan fingerprint density at radius 3 is 2.43 bits per heavy atom. The van der Waals surface area contributed by atoms with Crippen molar-refractivity contribution in [3.63, 3.8) is 0 Å². The summed E-state index contributed by atoms with van der Waals surface area (Å²) in [6.45, 7) is 0.449. The van der Waals surface area contributed by atoms with Crippen molar-refractivity contribution in [2.24, 2.45) is 0 Å². The van der Waals surface area contributed by atoms with Crippen LogP contribution in [0.3, 0.4) is 0 Å². The van der Waals surface area contributed by atoms with E-state index >= 15 is 0 Å². The number of nitrogens with zero attached hydrogens (tertiary/aromatic N) is 1. The largest absolute Gasteiger partial charge is 0.493 e. The highest BCUT2D eigenvalue weighted by Gasteiger charge is 2.17. The van der Waals surface area contributed by atoms with Gasteiger partial charge in [-0.2, -0.15) is 0 Å². The monoisotopic (exact) mass is 327 g/mol. The fourth-order valence-electron chi connectivity index (χ4n) is 2.11. The second-order valence-corrected chi connectivity index (χ2v) is 5.73. The minimum absolute atomic E-state index is 0.0528. The minimum atomic E-state index is -0.0528. The molecule has 0 aliphatic carbocycles. The lowest BCUT2D eigenvalue weighted by atomic mass is 10.1. The van der Waals surface area contributed by atoms with Crippen LogP contribution in [0.2, 0.25) is 0 Å². The first-order chi connectivity index (χ1) is 10.2. The average Bonchev–Trinajstić information content (AvgIpc) is 2.86. The number of aliphatic hydroxyl groups excluding tert-OH is 1. The standard InChI is InChI=1S/C14H17NO4S2/c1-17-11-5-4-9(12(18-2)13(11)19-3)6-15-10(7-16)8-21-14(15)20/h4-5,8,16H,6-7H2,1-3H3. The van der Waals surface area contributed by atoms with Gasteiger partial charge >= 0.3 is 0 Å². The molecule has 1 heterocycles. The van der Waals surface area contributed by atoms with Crippen molar-refractivity contribution in [3.05, 3.63) is 32.7 Å². The van der Waals surface area contributed by atoms with Crippen molar-refractivity contribution in [3.8, 4) is 17.2 Å². The van der Waals surface area contributed by atoms with E-state index in [0.717, 1.165) is 11.3 Å². The first kappa shape index (κ1) is 15.8. The smallest absolute Gasteiger partial charge is 0.203 e. The van der Waals surface area contributed by atoms with Gasteiger partial charge in [0.15, 0.2) is 15.5 Å². The van der Waals surface area contributed by atoms with E-state index in [1.807, 2.05) is 22.1 Å². The fourth-order valence-corrected chi connectivity index (χ4v) is 3.18. The van der Waals surface area contributed by atoms with Crippen LogP contribution in [0.5, 0.6) is 17.2 Å². The molecule has 2 rings (SSSR count). The molecule has 0 amide bonds. The van der Waals surface area contributed by atoms with Crippen molar-refractivity contribution < 1.29 is 19.3 Å². The third kappa shape index (κ3) is 3.04. The topological polar surface area (TPSA) is 52.9 Å². The second-order valence-electron chi connectivity index (χ2n) is 4.23. The molecule has 0 unspecified atom stereocenters. The molecule has 0 aliphatic heterocycles. The molecule has 0 radical (unpaired) electrons. The van der Waals surface area contributed by atoms with Gasteiger partial charge < -0.3 is 23.9 Å². The van der Waals surface area contributed by atoms with Gasteiger partial charge in [0.1, 0.15) is 0 Å². The first-order valence-corrected chi connectivity index (χ1v) is 7.51. The van der Waals surface area contributed by atoms with E-state index in [4.69, 9.17) is 26.4 Å². The Balaban J connectivity index is 2.49. The van der Waals surface area contributed by atoms with Gasteiger partial charge in [0.05, 0.1) is 40.2 Å². The highest BCUT2D eigenvalue weighted by Crippen LogP contribution is 2.40. The predicted octanol–water partition coefficient (Wildman–Crippen LogP) is 2.85. The van der Waals surface area contributed by atoms with Crippen LogP contribution >= 0.6 is 23.6 Å². The van der Waals surface area contributed by atoms with Crippen LogP contribution in [0, 0.1) is 3.95 Å². The van der Waals surface area contributed by atoms with Gasteiger partial charge in [0.2, 0.25) is 5.75 Å². The molecule has 1 aromatic carbocycles. The van der Waals surface area contributed by atoms with E-state index in [9.17, 15) is 5.11 Å².